The smallest absolute Gasteiger partial charge is 0.269 e. The van der Waals surface area contributed by atoms with Crippen molar-refractivity contribution >= 4 is 40.5 Å². The lowest BCUT2D eigenvalue weighted by atomic mass is 10.2. The molecule has 1 aromatic heterocycles. The van der Waals surface area contributed by atoms with Gasteiger partial charge < -0.3 is 11.1 Å². The normalized spacial score (nSPS) is 10.2. The molecule has 0 aliphatic heterocycles. The third-order valence-corrected chi connectivity index (χ3v) is 3.90. The molecule has 5 N–H and O–H groups in total. The van der Waals surface area contributed by atoms with E-state index in [1.807, 2.05) is 19.1 Å². The van der Waals surface area contributed by atoms with Crippen LogP contribution in [0, 0.1) is 6.92 Å². The Bertz CT molecular complexity index is 932. The molecule has 0 radical (unpaired) electrons. The van der Waals surface area contributed by atoms with Gasteiger partial charge in [0.05, 0.1) is 0 Å². The maximum atomic E-state index is 12.1. The molecule has 132 valence electrons. The number of rotatable bonds is 5. The lowest BCUT2D eigenvalue weighted by molar-refractivity contribution is 0.0962. The van der Waals surface area contributed by atoms with Gasteiger partial charge in [0, 0.05) is 16.3 Å². The van der Waals surface area contributed by atoms with E-state index in [0.717, 1.165) is 11.3 Å². The molecule has 1 heterocycles. The minimum atomic E-state index is -0.302. The fraction of sp³-hybridized carbons (Fsp3) is 0.0556. The highest BCUT2D eigenvalue weighted by Crippen LogP contribution is 2.28. The molecular formula is C18H17ClN6O. The molecule has 0 aliphatic carbocycles. The number of nitrogen functional groups attached to an aromatic ring is 1. The summed E-state index contributed by atoms with van der Waals surface area (Å²) in [6, 6.07) is 14.3. The molecule has 0 unspecified atom stereocenters. The Labute approximate surface area is 155 Å². The van der Waals surface area contributed by atoms with Gasteiger partial charge in [0.25, 0.3) is 5.91 Å². The van der Waals surface area contributed by atoms with Crippen LogP contribution in [-0.2, 0) is 0 Å². The largest absolute Gasteiger partial charge is 0.393 e. The van der Waals surface area contributed by atoms with Gasteiger partial charge in [-0.05, 0) is 36.8 Å². The molecule has 2 aromatic carbocycles. The summed E-state index contributed by atoms with van der Waals surface area (Å²) in [5, 5.41) is 3.72. The maximum absolute atomic E-state index is 12.1. The van der Waals surface area contributed by atoms with Crippen LogP contribution in [0.3, 0.4) is 0 Å². The number of anilines is 4. The highest BCUT2D eigenvalue weighted by atomic mass is 35.5. The molecule has 3 aromatic rings. The van der Waals surface area contributed by atoms with Gasteiger partial charge in [-0.25, -0.2) is 9.97 Å². The summed E-state index contributed by atoms with van der Waals surface area (Å²) in [6.45, 7) is 1.94. The molecule has 0 saturated heterocycles. The number of carbonyl (C=O) groups is 1. The zero-order valence-corrected chi connectivity index (χ0v) is 14.7. The van der Waals surface area contributed by atoms with Crippen LogP contribution < -0.4 is 21.9 Å². The van der Waals surface area contributed by atoms with Gasteiger partial charge >= 0.3 is 0 Å². The van der Waals surface area contributed by atoms with Gasteiger partial charge in [0.15, 0.2) is 11.6 Å². The van der Waals surface area contributed by atoms with Crippen LogP contribution in [0.5, 0.6) is 0 Å². The Kier molecular flexibility index (Phi) is 5.19. The van der Waals surface area contributed by atoms with E-state index in [4.69, 9.17) is 17.3 Å². The van der Waals surface area contributed by atoms with Gasteiger partial charge in [-0.1, -0.05) is 35.9 Å². The number of hydrogen-bond donors (Lipinski definition) is 4. The molecule has 3 rings (SSSR count). The zero-order valence-electron chi connectivity index (χ0n) is 14.0. The third kappa shape index (κ3) is 4.01. The van der Waals surface area contributed by atoms with Crippen molar-refractivity contribution in [1.29, 1.82) is 0 Å². The summed E-state index contributed by atoms with van der Waals surface area (Å²) in [5.74, 6) is 0.386. The van der Waals surface area contributed by atoms with Crippen molar-refractivity contribution < 1.29 is 4.79 Å². The molecule has 7 nitrogen and oxygen atoms in total. The van der Waals surface area contributed by atoms with E-state index < -0.39 is 0 Å². The second-order valence-electron chi connectivity index (χ2n) is 5.51. The first-order chi connectivity index (χ1) is 12.5. The number of carbonyl (C=O) groups excluding carboxylic acids is 1. The number of amides is 1. The van der Waals surface area contributed by atoms with Crippen LogP contribution in [0.1, 0.15) is 15.9 Å². The Morgan fingerprint density at radius 2 is 1.81 bits per heavy atom. The molecule has 0 spiro atoms. The zero-order chi connectivity index (χ0) is 18.5. The number of nitrogens with zero attached hydrogens (tertiary/aromatic N) is 2. The van der Waals surface area contributed by atoms with E-state index >= 15 is 0 Å². The second-order valence-corrected chi connectivity index (χ2v) is 5.95. The number of nitrogens with two attached hydrogens (primary N) is 1. The quantitative estimate of drug-likeness (QED) is 0.513. The SMILES string of the molecule is Cc1ccc(Cl)cc1Nc1ncnc(NNC(=O)c2ccccc2)c1N. The molecule has 26 heavy (non-hydrogen) atoms. The topological polar surface area (TPSA) is 105 Å². The first-order valence-electron chi connectivity index (χ1n) is 7.79. The van der Waals surface area contributed by atoms with Crippen molar-refractivity contribution in [2.24, 2.45) is 0 Å². The standard InChI is InChI=1S/C18H17ClN6O/c1-11-7-8-13(19)9-14(11)23-16-15(20)17(22-10-21-16)24-25-18(26)12-5-3-2-4-6-12/h2-10H,20H2,1H3,(H,25,26)(H2,21,22,23,24). The van der Waals surface area contributed by atoms with Gasteiger partial charge in [-0.15, -0.1) is 0 Å². The highest BCUT2D eigenvalue weighted by Gasteiger charge is 2.11. The Hall–Kier alpha value is -3.32. The summed E-state index contributed by atoms with van der Waals surface area (Å²) < 4.78 is 0. The first kappa shape index (κ1) is 17.5. The average Bonchev–Trinajstić information content (AvgIpc) is 2.66. The number of hydrazine groups is 1. The Balaban J connectivity index is 1.75. The molecule has 0 bridgehead atoms. The summed E-state index contributed by atoms with van der Waals surface area (Å²) >= 11 is 6.03. The molecule has 0 fully saturated rings. The van der Waals surface area contributed by atoms with Crippen LogP contribution in [0.25, 0.3) is 0 Å². The molecule has 1 amide bonds. The van der Waals surface area contributed by atoms with Crippen molar-refractivity contribution in [3.05, 3.63) is 71.0 Å². The molecular weight excluding hydrogens is 352 g/mol. The fourth-order valence-electron chi connectivity index (χ4n) is 2.23. The summed E-state index contributed by atoms with van der Waals surface area (Å²) in [5.41, 5.74) is 13.9. The number of hydrogen-bond acceptors (Lipinski definition) is 6. The van der Waals surface area contributed by atoms with Crippen molar-refractivity contribution in [3.8, 4) is 0 Å². The summed E-state index contributed by atoms with van der Waals surface area (Å²) in [7, 11) is 0. The predicted octanol–water partition coefficient (Wildman–Crippen LogP) is 3.52. The number of halogens is 1. The van der Waals surface area contributed by atoms with Gasteiger partial charge in [-0.2, -0.15) is 0 Å². The monoisotopic (exact) mass is 368 g/mol. The minimum absolute atomic E-state index is 0.264. The number of aryl methyl sites for hydroxylation is 1. The predicted molar refractivity (Wildman–Crippen MR) is 103 cm³/mol. The van der Waals surface area contributed by atoms with E-state index in [-0.39, 0.29) is 17.4 Å². The Morgan fingerprint density at radius 3 is 2.58 bits per heavy atom. The van der Waals surface area contributed by atoms with Crippen LogP contribution >= 0.6 is 11.6 Å². The fourth-order valence-corrected chi connectivity index (χ4v) is 2.40. The minimum Gasteiger partial charge on any atom is -0.393 e. The first-order valence-corrected chi connectivity index (χ1v) is 8.17. The van der Waals surface area contributed by atoms with Gasteiger partial charge in [0.2, 0.25) is 0 Å². The van der Waals surface area contributed by atoms with Crippen molar-refractivity contribution in [2.45, 2.75) is 6.92 Å². The molecule has 8 heteroatoms. The molecule has 0 aliphatic rings. The van der Waals surface area contributed by atoms with Crippen LogP contribution in [0.15, 0.2) is 54.9 Å². The van der Waals surface area contributed by atoms with Crippen LogP contribution in [0.2, 0.25) is 5.02 Å². The lowest BCUT2D eigenvalue weighted by Crippen LogP contribution is -2.30. The van der Waals surface area contributed by atoms with Crippen molar-refractivity contribution in [1.82, 2.24) is 15.4 Å². The van der Waals surface area contributed by atoms with E-state index in [1.54, 1.807) is 36.4 Å². The van der Waals surface area contributed by atoms with E-state index in [0.29, 0.717) is 16.4 Å². The number of nitrogens with one attached hydrogen (secondary N) is 3. The van der Waals surface area contributed by atoms with Crippen LogP contribution in [-0.4, -0.2) is 15.9 Å². The highest BCUT2D eigenvalue weighted by molar-refractivity contribution is 6.30. The molecule has 0 atom stereocenters. The maximum Gasteiger partial charge on any atom is 0.269 e. The Morgan fingerprint density at radius 1 is 1.08 bits per heavy atom. The lowest BCUT2D eigenvalue weighted by Gasteiger charge is -2.14. The molecule has 0 saturated carbocycles. The van der Waals surface area contributed by atoms with E-state index in [2.05, 4.69) is 26.1 Å². The van der Waals surface area contributed by atoms with Gasteiger partial charge in [-0.3, -0.25) is 15.6 Å². The summed E-state index contributed by atoms with van der Waals surface area (Å²) in [4.78, 5) is 20.3. The number of aromatic nitrogens is 2. The average molecular weight is 369 g/mol. The summed E-state index contributed by atoms with van der Waals surface area (Å²) in [6.07, 6.45) is 1.34. The van der Waals surface area contributed by atoms with Crippen LogP contribution in [0.4, 0.5) is 23.0 Å². The van der Waals surface area contributed by atoms with E-state index in [9.17, 15) is 4.79 Å². The third-order valence-electron chi connectivity index (χ3n) is 3.67. The van der Waals surface area contributed by atoms with Gasteiger partial charge in [0.1, 0.15) is 12.0 Å². The second kappa shape index (κ2) is 7.71. The van der Waals surface area contributed by atoms with Crippen molar-refractivity contribution in [3.63, 3.8) is 0 Å². The van der Waals surface area contributed by atoms with Crippen molar-refractivity contribution in [2.75, 3.05) is 16.5 Å². The van der Waals surface area contributed by atoms with E-state index in [1.165, 1.54) is 6.33 Å². The number of benzene rings is 2.